The lowest BCUT2D eigenvalue weighted by Gasteiger charge is -2.18. The molecule has 0 spiro atoms. The zero-order valence-electron chi connectivity index (χ0n) is 16.8. The number of fused-ring (bicyclic) bond motifs is 2. The second-order valence-corrected chi connectivity index (χ2v) is 7.12. The summed E-state index contributed by atoms with van der Waals surface area (Å²) >= 11 is 0. The van der Waals surface area contributed by atoms with Crippen molar-refractivity contribution in [3.05, 3.63) is 78.2 Å². The Bertz CT molecular complexity index is 1130. The molecule has 29 heavy (non-hydrogen) atoms. The third-order valence-corrected chi connectivity index (χ3v) is 5.10. The van der Waals surface area contributed by atoms with Gasteiger partial charge in [0, 0.05) is 26.2 Å². The van der Waals surface area contributed by atoms with E-state index in [9.17, 15) is 0 Å². The van der Waals surface area contributed by atoms with Gasteiger partial charge in [0.25, 0.3) is 0 Å². The van der Waals surface area contributed by atoms with Crippen LogP contribution in [-0.2, 0) is 6.42 Å². The average molecular weight is 387 g/mol. The molecule has 1 atom stereocenters. The summed E-state index contributed by atoms with van der Waals surface area (Å²) in [5.74, 6) is 1.78. The summed E-state index contributed by atoms with van der Waals surface area (Å²) in [7, 11) is 1.80. The molecule has 0 amide bonds. The lowest BCUT2D eigenvalue weighted by Crippen LogP contribution is -2.39. The fraction of sp³-hybridized carbons (Fsp3) is 0.261. The van der Waals surface area contributed by atoms with E-state index >= 15 is 0 Å². The molecule has 6 heteroatoms. The molecule has 0 saturated carbocycles. The molecule has 1 unspecified atom stereocenters. The van der Waals surface area contributed by atoms with Gasteiger partial charge in [0.1, 0.15) is 5.82 Å². The first-order chi connectivity index (χ1) is 14.2. The Hall–Kier alpha value is -3.41. The Morgan fingerprint density at radius 3 is 2.72 bits per heavy atom. The molecule has 4 aromatic rings. The van der Waals surface area contributed by atoms with Gasteiger partial charge < -0.3 is 10.6 Å². The number of nitrogens with one attached hydrogen (secondary N) is 2. The lowest BCUT2D eigenvalue weighted by atomic mass is 10.0. The predicted octanol–water partition coefficient (Wildman–Crippen LogP) is 3.74. The Kier molecular flexibility index (Phi) is 5.70. The normalized spacial score (nSPS) is 13.0. The van der Waals surface area contributed by atoms with Gasteiger partial charge >= 0.3 is 0 Å². The van der Waals surface area contributed by atoms with Gasteiger partial charge in [-0.15, -0.1) is 10.2 Å². The van der Waals surface area contributed by atoms with E-state index in [0.717, 1.165) is 36.8 Å². The smallest absolute Gasteiger partial charge is 0.191 e. The number of hydrogen-bond acceptors (Lipinski definition) is 3. The van der Waals surface area contributed by atoms with E-state index in [1.165, 1.54) is 16.3 Å². The van der Waals surface area contributed by atoms with Gasteiger partial charge in [0.15, 0.2) is 11.6 Å². The fourth-order valence-corrected chi connectivity index (χ4v) is 3.47. The van der Waals surface area contributed by atoms with E-state index in [1.807, 2.05) is 28.8 Å². The van der Waals surface area contributed by atoms with E-state index in [-0.39, 0.29) is 6.04 Å². The highest BCUT2D eigenvalue weighted by atomic mass is 15.2. The number of aromatic nitrogens is 3. The summed E-state index contributed by atoms with van der Waals surface area (Å²) in [5.41, 5.74) is 2.12. The molecule has 6 nitrogen and oxygen atoms in total. The first-order valence-corrected chi connectivity index (χ1v) is 9.99. The quantitative estimate of drug-likeness (QED) is 0.301. The maximum Gasteiger partial charge on any atom is 0.191 e. The number of rotatable bonds is 6. The molecule has 0 bridgehead atoms. The van der Waals surface area contributed by atoms with Crippen LogP contribution in [0, 0.1) is 0 Å². The fourth-order valence-electron chi connectivity index (χ4n) is 3.47. The van der Waals surface area contributed by atoms with Crippen LogP contribution in [0.2, 0.25) is 0 Å². The van der Waals surface area contributed by atoms with Crippen molar-refractivity contribution in [1.29, 1.82) is 0 Å². The summed E-state index contributed by atoms with van der Waals surface area (Å²) in [6.07, 6.45) is 3.81. The number of nitrogens with zero attached hydrogens (tertiary/aromatic N) is 4. The summed E-state index contributed by atoms with van der Waals surface area (Å²) in [5, 5.41) is 17.9. The molecule has 0 aliphatic heterocycles. The summed E-state index contributed by atoms with van der Waals surface area (Å²) < 4.78 is 2.04. The SMILES string of the molecule is CN=C(NCCCc1nnc2ccccn12)NC(C)c1ccc2ccccc2c1. The van der Waals surface area contributed by atoms with Crippen LogP contribution in [0.4, 0.5) is 0 Å². The van der Waals surface area contributed by atoms with Gasteiger partial charge in [0.2, 0.25) is 0 Å². The zero-order valence-corrected chi connectivity index (χ0v) is 16.8. The molecule has 148 valence electrons. The highest BCUT2D eigenvalue weighted by molar-refractivity contribution is 5.84. The monoisotopic (exact) mass is 386 g/mol. The Balaban J connectivity index is 1.30. The molecular weight excluding hydrogens is 360 g/mol. The molecule has 0 aliphatic rings. The number of hydrogen-bond donors (Lipinski definition) is 2. The van der Waals surface area contributed by atoms with Crippen molar-refractivity contribution in [3.8, 4) is 0 Å². The molecule has 0 saturated heterocycles. The maximum atomic E-state index is 4.36. The van der Waals surface area contributed by atoms with Crippen molar-refractivity contribution in [1.82, 2.24) is 25.2 Å². The van der Waals surface area contributed by atoms with Crippen LogP contribution in [0.25, 0.3) is 16.4 Å². The largest absolute Gasteiger partial charge is 0.356 e. The molecule has 0 radical (unpaired) electrons. The van der Waals surface area contributed by atoms with Crippen molar-refractivity contribution >= 4 is 22.4 Å². The molecule has 0 fully saturated rings. The number of aryl methyl sites for hydroxylation is 1. The molecule has 0 aliphatic carbocycles. The zero-order chi connectivity index (χ0) is 20.1. The molecular formula is C23H26N6. The molecule has 2 aromatic heterocycles. The Labute approximate surface area is 170 Å². The maximum absolute atomic E-state index is 4.36. The van der Waals surface area contributed by atoms with Crippen LogP contribution in [0.15, 0.2) is 71.9 Å². The third-order valence-electron chi connectivity index (χ3n) is 5.10. The van der Waals surface area contributed by atoms with Gasteiger partial charge in [-0.1, -0.05) is 42.5 Å². The summed E-state index contributed by atoms with van der Waals surface area (Å²) in [6.45, 7) is 2.96. The van der Waals surface area contributed by atoms with E-state index in [4.69, 9.17) is 0 Å². The van der Waals surface area contributed by atoms with Crippen LogP contribution in [-0.4, -0.2) is 34.2 Å². The Morgan fingerprint density at radius 2 is 1.86 bits per heavy atom. The van der Waals surface area contributed by atoms with Crippen LogP contribution < -0.4 is 10.6 Å². The van der Waals surface area contributed by atoms with Crippen LogP contribution in [0.1, 0.15) is 30.8 Å². The van der Waals surface area contributed by atoms with Crippen molar-refractivity contribution in [3.63, 3.8) is 0 Å². The third kappa shape index (κ3) is 4.37. The minimum atomic E-state index is 0.159. The van der Waals surface area contributed by atoms with Crippen molar-refractivity contribution < 1.29 is 0 Å². The predicted molar refractivity (Wildman–Crippen MR) is 118 cm³/mol. The molecule has 2 heterocycles. The number of aliphatic imine (C=N–C) groups is 1. The standard InChI is InChI=1S/C23H26N6/c1-17(19-13-12-18-8-3-4-9-20(18)16-19)26-23(24-2)25-14-7-11-22-28-27-21-10-5-6-15-29(21)22/h3-6,8-10,12-13,15-17H,7,11,14H2,1-2H3,(H2,24,25,26). The highest BCUT2D eigenvalue weighted by Crippen LogP contribution is 2.20. The van der Waals surface area contributed by atoms with E-state index in [0.29, 0.717) is 0 Å². The first kappa shape index (κ1) is 18.9. The number of pyridine rings is 1. The van der Waals surface area contributed by atoms with Crippen LogP contribution in [0.5, 0.6) is 0 Å². The van der Waals surface area contributed by atoms with Gasteiger partial charge in [-0.2, -0.15) is 0 Å². The summed E-state index contributed by atoms with van der Waals surface area (Å²) in [6, 6.07) is 21.1. The number of benzene rings is 2. The van der Waals surface area contributed by atoms with E-state index in [2.05, 4.69) is 75.2 Å². The van der Waals surface area contributed by atoms with Crippen LogP contribution >= 0.6 is 0 Å². The minimum Gasteiger partial charge on any atom is -0.356 e. The molecule has 4 rings (SSSR count). The van der Waals surface area contributed by atoms with Gasteiger partial charge in [-0.25, -0.2) is 0 Å². The first-order valence-electron chi connectivity index (χ1n) is 9.99. The van der Waals surface area contributed by atoms with Crippen LogP contribution in [0.3, 0.4) is 0 Å². The van der Waals surface area contributed by atoms with E-state index in [1.54, 1.807) is 7.05 Å². The second kappa shape index (κ2) is 8.73. The van der Waals surface area contributed by atoms with Crippen molar-refractivity contribution in [2.24, 2.45) is 4.99 Å². The van der Waals surface area contributed by atoms with Crippen molar-refractivity contribution in [2.75, 3.05) is 13.6 Å². The van der Waals surface area contributed by atoms with Gasteiger partial charge in [-0.05, 0) is 47.9 Å². The lowest BCUT2D eigenvalue weighted by molar-refractivity contribution is 0.668. The minimum absolute atomic E-state index is 0.159. The van der Waals surface area contributed by atoms with Gasteiger partial charge in [-0.3, -0.25) is 9.39 Å². The second-order valence-electron chi connectivity index (χ2n) is 7.12. The van der Waals surface area contributed by atoms with Crippen molar-refractivity contribution in [2.45, 2.75) is 25.8 Å². The highest BCUT2D eigenvalue weighted by Gasteiger charge is 2.09. The molecule has 2 aromatic carbocycles. The van der Waals surface area contributed by atoms with E-state index < -0.39 is 0 Å². The molecule has 2 N–H and O–H groups in total. The number of guanidine groups is 1. The average Bonchev–Trinajstić information content (AvgIpc) is 3.18. The summed E-state index contributed by atoms with van der Waals surface area (Å²) in [4.78, 5) is 4.36. The Morgan fingerprint density at radius 1 is 1.03 bits per heavy atom. The van der Waals surface area contributed by atoms with Gasteiger partial charge in [0.05, 0.1) is 6.04 Å². The topological polar surface area (TPSA) is 66.6 Å².